The summed E-state index contributed by atoms with van der Waals surface area (Å²) in [6, 6.07) is 23.0. The quantitative estimate of drug-likeness (QED) is 0.840. The van der Waals surface area contributed by atoms with Crippen LogP contribution in [0.3, 0.4) is 0 Å². The maximum absolute atomic E-state index is 5.61. The van der Waals surface area contributed by atoms with Gasteiger partial charge in [0.15, 0.2) is 0 Å². The molecule has 4 nitrogen and oxygen atoms in total. The van der Waals surface area contributed by atoms with Gasteiger partial charge in [0.05, 0.1) is 6.61 Å². The van der Waals surface area contributed by atoms with E-state index in [1.165, 1.54) is 43.6 Å². The summed E-state index contributed by atoms with van der Waals surface area (Å²) in [6.07, 6.45) is 2.44. The van der Waals surface area contributed by atoms with Crippen molar-refractivity contribution in [2.24, 2.45) is 11.8 Å². The van der Waals surface area contributed by atoms with E-state index in [4.69, 9.17) is 4.74 Å². The van der Waals surface area contributed by atoms with Crippen LogP contribution in [0.15, 0.2) is 60.7 Å². The Morgan fingerprint density at radius 2 is 1.64 bits per heavy atom. The largest absolute Gasteiger partial charge is 0.381 e. The number of nitrogens with zero attached hydrogens (tertiary/aromatic N) is 1. The number of piperidine rings is 1. The third-order valence-electron chi connectivity index (χ3n) is 6.86. The van der Waals surface area contributed by atoms with Crippen molar-refractivity contribution >= 4 is 0 Å². The predicted octanol–water partition coefficient (Wildman–Crippen LogP) is 3.02. The molecule has 2 aromatic carbocycles. The number of fused-ring (bicyclic) bond motifs is 1. The third-order valence-corrected chi connectivity index (χ3v) is 6.86. The van der Waals surface area contributed by atoms with Crippen molar-refractivity contribution in [3.05, 3.63) is 71.8 Å². The van der Waals surface area contributed by atoms with Gasteiger partial charge in [-0.1, -0.05) is 60.7 Å². The maximum atomic E-state index is 5.61. The van der Waals surface area contributed by atoms with Gasteiger partial charge in [0, 0.05) is 43.6 Å². The molecule has 3 fully saturated rings. The van der Waals surface area contributed by atoms with Crippen LogP contribution in [0.4, 0.5) is 0 Å². The summed E-state index contributed by atoms with van der Waals surface area (Å²) in [5.41, 5.74) is 10.1. The monoisotopic (exact) mass is 377 g/mol. The van der Waals surface area contributed by atoms with Crippen LogP contribution in [0, 0.1) is 11.8 Å². The van der Waals surface area contributed by atoms with E-state index in [9.17, 15) is 0 Å². The van der Waals surface area contributed by atoms with Crippen molar-refractivity contribution in [1.29, 1.82) is 0 Å². The molecule has 0 spiro atoms. The van der Waals surface area contributed by atoms with Crippen molar-refractivity contribution in [2.75, 3.05) is 32.8 Å². The minimum absolute atomic E-state index is 0.361. The Hall–Kier alpha value is -1.72. The van der Waals surface area contributed by atoms with Crippen LogP contribution >= 0.6 is 0 Å². The molecule has 3 saturated heterocycles. The fourth-order valence-corrected chi connectivity index (χ4v) is 5.42. The van der Waals surface area contributed by atoms with Gasteiger partial charge in [0.2, 0.25) is 0 Å². The summed E-state index contributed by atoms with van der Waals surface area (Å²) in [7, 11) is 0. The molecular weight excluding hydrogens is 346 g/mol. The second kappa shape index (κ2) is 8.34. The molecule has 4 heteroatoms. The molecule has 3 aliphatic rings. The molecule has 0 radical (unpaired) electrons. The third kappa shape index (κ3) is 3.74. The van der Waals surface area contributed by atoms with Crippen LogP contribution in [-0.2, 0) is 4.74 Å². The number of benzene rings is 2. The van der Waals surface area contributed by atoms with Crippen LogP contribution in [0.1, 0.15) is 29.9 Å². The molecule has 28 heavy (non-hydrogen) atoms. The lowest BCUT2D eigenvalue weighted by Crippen LogP contribution is -2.48. The zero-order chi connectivity index (χ0) is 18.8. The smallest absolute Gasteiger partial charge is 0.0507 e. The Morgan fingerprint density at radius 1 is 0.929 bits per heavy atom. The van der Waals surface area contributed by atoms with Crippen LogP contribution in [0.5, 0.6) is 0 Å². The Morgan fingerprint density at radius 3 is 2.29 bits per heavy atom. The van der Waals surface area contributed by atoms with Gasteiger partial charge in [0.25, 0.3) is 0 Å². The van der Waals surface area contributed by atoms with E-state index in [0.29, 0.717) is 23.9 Å². The molecule has 5 rings (SSSR count). The molecule has 4 atom stereocenters. The molecule has 2 N–H and O–H groups in total. The van der Waals surface area contributed by atoms with Crippen molar-refractivity contribution in [3.63, 3.8) is 0 Å². The van der Waals surface area contributed by atoms with Gasteiger partial charge < -0.3 is 9.64 Å². The SMILES string of the molecule is c1ccc(C(c2ccccc2)C2NNC3CCN(CC4CCOC4)CC32)cc1. The molecule has 3 aliphatic heterocycles. The highest BCUT2D eigenvalue weighted by atomic mass is 16.5. The van der Waals surface area contributed by atoms with Crippen LogP contribution in [0.2, 0.25) is 0 Å². The Balaban J connectivity index is 1.39. The standard InChI is InChI=1S/C24H31N3O/c1-3-7-19(8-4-1)23(20-9-5-2-6-10-20)24-21-16-27(13-11-22(21)25-26-24)15-18-12-14-28-17-18/h1-10,18,21-26H,11-17H2. The minimum atomic E-state index is 0.361. The van der Waals surface area contributed by atoms with Gasteiger partial charge in [-0.3, -0.25) is 10.9 Å². The van der Waals surface area contributed by atoms with Gasteiger partial charge in [-0.05, 0) is 36.4 Å². The van der Waals surface area contributed by atoms with Gasteiger partial charge in [-0.25, -0.2) is 0 Å². The topological polar surface area (TPSA) is 36.5 Å². The summed E-state index contributed by atoms with van der Waals surface area (Å²) < 4.78 is 5.61. The van der Waals surface area contributed by atoms with E-state index in [2.05, 4.69) is 76.4 Å². The van der Waals surface area contributed by atoms with Crippen LogP contribution in [-0.4, -0.2) is 49.8 Å². The molecule has 0 aliphatic carbocycles. The zero-order valence-electron chi connectivity index (χ0n) is 16.5. The number of nitrogens with one attached hydrogen (secondary N) is 2. The predicted molar refractivity (Wildman–Crippen MR) is 112 cm³/mol. The highest BCUT2D eigenvalue weighted by Gasteiger charge is 2.44. The first kappa shape index (κ1) is 18.3. The van der Waals surface area contributed by atoms with E-state index >= 15 is 0 Å². The molecule has 3 heterocycles. The first-order valence-electron chi connectivity index (χ1n) is 10.8. The van der Waals surface area contributed by atoms with Gasteiger partial charge >= 0.3 is 0 Å². The van der Waals surface area contributed by atoms with Crippen LogP contribution < -0.4 is 10.9 Å². The number of rotatable bonds is 5. The molecule has 4 unspecified atom stereocenters. The molecule has 148 valence electrons. The number of hydrazine groups is 1. The van der Waals surface area contributed by atoms with Crippen molar-refractivity contribution in [3.8, 4) is 0 Å². The summed E-state index contributed by atoms with van der Waals surface area (Å²) >= 11 is 0. The van der Waals surface area contributed by atoms with E-state index < -0.39 is 0 Å². The zero-order valence-corrected chi connectivity index (χ0v) is 16.5. The van der Waals surface area contributed by atoms with Crippen molar-refractivity contribution in [2.45, 2.75) is 30.8 Å². The second-order valence-corrected chi connectivity index (χ2v) is 8.66. The highest BCUT2D eigenvalue weighted by Crippen LogP contribution is 2.37. The summed E-state index contributed by atoms with van der Waals surface area (Å²) in [5, 5.41) is 0. The molecule has 0 amide bonds. The van der Waals surface area contributed by atoms with Crippen molar-refractivity contribution < 1.29 is 4.74 Å². The first-order valence-corrected chi connectivity index (χ1v) is 10.8. The molecule has 0 saturated carbocycles. The average Bonchev–Trinajstić information content (AvgIpc) is 3.40. The lowest BCUT2D eigenvalue weighted by atomic mass is 9.76. The average molecular weight is 378 g/mol. The lowest BCUT2D eigenvalue weighted by molar-refractivity contribution is 0.121. The fourth-order valence-electron chi connectivity index (χ4n) is 5.42. The maximum Gasteiger partial charge on any atom is 0.0507 e. The molecule has 0 bridgehead atoms. The Labute approximate surface area is 168 Å². The molecule has 0 aromatic heterocycles. The Bertz CT molecular complexity index is 707. The van der Waals surface area contributed by atoms with Crippen molar-refractivity contribution in [1.82, 2.24) is 15.8 Å². The van der Waals surface area contributed by atoms with E-state index in [1.807, 2.05) is 0 Å². The van der Waals surface area contributed by atoms with Gasteiger partial charge in [0.1, 0.15) is 0 Å². The lowest BCUT2D eigenvalue weighted by Gasteiger charge is -2.39. The minimum Gasteiger partial charge on any atom is -0.381 e. The highest BCUT2D eigenvalue weighted by molar-refractivity contribution is 5.35. The second-order valence-electron chi connectivity index (χ2n) is 8.66. The van der Waals surface area contributed by atoms with Gasteiger partial charge in [-0.2, -0.15) is 0 Å². The normalized spacial score (nSPS) is 30.6. The number of ether oxygens (including phenoxy) is 1. The summed E-state index contributed by atoms with van der Waals surface area (Å²) in [6.45, 7) is 5.45. The van der Waals surface area contributed by atoms with Gasteiger partial charge in [-0.15, -0.1) is 0 Å². The van der Waals surface area contributed by atoms with E-state index in [0.717, 1.165) is 19.1 Å². The number of hydrogen-bond acceptors (Lipinski definition) is 4. The number of likely N-dealkylation sites (tertiary alicyclic amines) is 1. The van der Waals surface area contributed by atoms with E-state index in [-0.39, 0.29) is 0 Å². The fraction of sp³-hybridized carbons (Fsp3) is 0.500. The van der Waals surface area contributed by atoms with E-state index in [1.54, 1.807) is 0 Å². The summed E-state index contributed by atoms with van der Waals surface area (Å²) in [5.74, 6) is 1.69. The molecular formula is C24H31N3O. The summed E-state index contributed by atoms with van der Waals surface area (Å²) in [4.78, 5) is 2.69. The Kier molecular flexibility index (Phi) is 5.45. The first-order chi connectivity index (χ1) is 13.9. The molecule has 2 aromatic rings. The van der Waals surface area contributed by atoms with Crippen LogP contribution in [0.25, 0.3) is 0 Å². The number of hydrogen-bond donors (Lipinski definition) is 2.